The van der Waals surface area contributed by atoms with Gasteiger partial charge < -0.3 is 26.6 Å². The van der Waals surface area contributed by atoms with Crippen molar-refractivity contribution >= 4 is 63.9 Å². The lowest BCUT2D eigenvalue weighted by molar-refractivity contribution is -0.122. The zero-order valence-electron chi connectivity index (χ0n) is 22.0. The summed E-state index contributed by atoms with van der Waals surface area (Å²) in [5.74, 6) is 0.465. The summed E-state index contributed by atoms with van der Waals surface area (Å²) in [6.45, 7) is 1.24. The number of anilines is 3. The van der Waals surface area contributed by atoms with E-state index in [0.717, 1.165) is 12.8 Å². The molecule has 1 saturated carbocycles. The van der Waals surface area contributed by atoms with Crippen LogP contribution < -0.4 is 21.7 Å². The third kappa shape index (κ3) is 5.71. The highest BCUT2D eigenvalue weighted by Crippen LogP contribution is 2.39. The normalized spacial score (nSPS) is 21.1. The number of nitrogens with two attached hydrogens (primary N) is 1. The van der Waals surface area contributed by atoms with Gasteiger partial charge in [0.1, 0.15) is 5.52 Å². The predicted molar refractivity (Wildman–Crippen MR) is 153 cm³/mol. The summed E-state index contributed by atoms with van der Waals surface area (Å²) >= 11 is 13.0. The highest BCUT2D eigenvalue weighted by Gasteiger charge is 2.30. The van der Waals surface area contributed by atoms with Crippen LogP contribution in [-0.4, -0.2) is 62.5 Å². The number of hydrogen-bond donors (Lipinski definition) is 4. The number of nitriles is 1. The molecule has 1 saturated heterocycles. The van der Waals surface area contributed by atoms with Crippen molar-refractivity contribution in [2.24, 2.45) is 11.7 Å². The van der Waals surface area contributed by atoms with E-state index < -0.39 is 0 Å². The Morgan fingerprint density at radius 1 is 1.12 bits per heavy atom. The monoisotopic (exact) mass is 584 g/mol. The van der Waals surface area contributed by atoms with Crippen LogP contribution in [0.1, 0.15) is 50.1 Å². The number of halogens is 2. The fraction of sp³-hybridized carbons (Fsp3) is 0.462. The van der Waals surface area contributed by atoms with Gasteiger partial charge >= 0.3 is 6.03 Å². The lowest BCUT2D eigenvalue weighted by Gasteiger charge is -2.32. The van der Waals surface area contributed by atoms with Gasteiger partial charge in [0.05, 0.1) is 33.6 Å². The Balaban J connectivity index is 1.49. The van der Waals surface area contributed by atoms with Gasteiger partial charge in [0.15, 0.2) is 5.65 Å². The first-order valence-electron chi connectivity index (χ1n) is 13.2. The van der Waals surface area contributed by atoms with E-state index in [1.54, 1.807) is 18.1 Å². The summed E-state index contributed by atoms with van der Waals surface area (Å²) in [7, 11) is 1.62. The molecule has 2 aliphatic rings. The van der Waals surface area contributed by atoms with Crippen LogP contribution in [0.3, 0.4) is 0 Å². The molecule has 5 N–H and O–H groups in total. The van der Waals surface area contributed by atoms with Gasteiger partial charge in [-0.15, -0.1) is 0 Å². The third-order valence-electron chi connectivity index (χ3n) is 7.56. The standard InChI is InChI=1S/C26H30Cl2N10O2/c1-31-26(40)37-8-2-3-16(13-37)33-24-32-12-20-23(36-24)38(17-6-4-15(5-7-17)22(30)39)25(34-20)35-21-18(27)9-14(11-29)10-19(21)28/h9-10,12,15-17H,2-8,13H2,1H3,(H2,30,39)(H,31,40)(H,34,35)(H,32,33,36). The van der Waals surface area contributed by atoms with Crippen LogP contribution in [-0.2, 0) is 4.79 Å². The van der Waals surface area contributed by atoms with Crippen molar-refractivity contribution in [2.75, 3.05) is 30.8 Å². The average molecular weight is 586 g/mol. The number of imidazole rings is 1. The van der Waals surface area contributed by atoms with E-state index in [9.17, 15) is 14.9 Å². The summed E-state index contributed by atoms with van der Waals surface area (Å²) in [5.41, 5.74) is 7.53. The minimum Gasteiger partial charge on any atom is -0.369 e. The first-order valence-corrected chi connectivity index (χ1v) is 14.0. The summed E-state index contributed by atoms with van der Waals surface area (Å²) in [4.78, 5) is 39.8. The van der Waals surface area contributed by atoms with Crippen molar-refractivity contribution in [3.8, 4) is 6.07 Å². The molecule has 3 amide bonds. The number of primary amides is 1. The number of rotatable bonds is 6. The molecule has 1 aromatic carbocycles. The number of urea groups is 1. The number of amides is 3. The zero-order valence-corrected chi connectivity index (χ0v) is 23.5. The van der Waals surface area contributed by atoms with Gasteiger partial charge in [0.25, 0.3) is 0 Å². The molecule has 5 rings (SSSR count). The third-order valence-corrected chi connectivity index (χ3v) is 8.16. The second-order valence-corrected chi connectivity index (χ2v) is 11.0. The number of benzene rings is 1. The van der Waals surface area contributed by atoms with E-state index in [1.165, 1.54) is 12.1 Å². The van der Waals surface area contributed by atoms with Gasteiger partial charge in [-0.25, -0.2) is 14.8 Å². The molecule has 1 unspecified atom stereocenters. The largest absolute Gasteiger partial charge is 0.369 e. The SMILES string of the molecule is CNC(=O)N1CCCC(Nc2ncc3nc(Nc4c(Cl)cc(C#N)cc4Cl)n(C4CCC(C(N)=O)CC4)c3n2)C1. The zero-order chi connectivity index (χ0) is 28.4. The molecule has 2 fully saturated rings. The first kappa shape index (κ1) is 27.7. The van der Waals surface area contributed by atoms with Gasteiger partial charge in [-0.2, -0.15) is 10.2 Å². The molecular formula is C26H30Cl2N10O2. The summed E-state index contributed by atoms with van der Waals surface area (Å²) in [6.07, 6.45) is 6.14. The van der Waals surface area contributed by atoms with Gasteiger partial charge in [0, 0.05) is 38.1 Å². The van der Waals surface area contributed by atoms with Crippen molar-refractivity contribution < 1.29 is 9.59 Å². The van der Waals surface area contributed by atoms with Crippen LogP contribution in [0.2, 0.25) is 10.0 Å². The van der Waals surface area contributed by atoms with E-state index in [-0.39, 0.29) is 40.0 Å². The number of carbonyl (C=O) groups excluding carboxylic acids is 2. The molecule has 1 atom stereocenters. The molecule has 0 spiro atoms. The number of likely N-dealkylation sites (tertiary alicyclic amines) is 1. The average Bonchev–Trinajstić information content (AvgIpc) is 3.31. The lowest BCUT2D eigenvalue weighted by Crippen LogP contribution is -2.48. The quantitative estimate of drug-likeness (QED) is 0.334. The van der Waals surface area contributed by atoms with E-state index >= 15 is 0 Å². The molecule has 210 valence electrons. The lowest BCUT2D eigenvalue weighted by atomic mass is 9.85. The van der Waals surface area contributed by atoms with Crippen molar-refractivity contribution in [2.45, 2.75) is 50.6 Å². The molecule has 3 aromatic rings. The summed E-state index contributed by atoms with van der Waals surface area (Å²) < 4.78 is 2.00. The Hall–Kier alpha value is -3.82. The van der Waals surface area contributed by atoms with E-state index in [0.29, 0.717) is 73.1 Å². The number of aromatic nitrogens is 4. The van der Waals surface area contributed by atoms with Crippen molar-refractivity contribution in [3.63, 3.8) is 0 Å². The number of nitrogens with zero attached hydrogens (tertiary/aromatic N) is 6. The summed E-state index contributed by atoms with van der Waals surface area (Å²) in [5, 5.41) is 19.1. The molecule has 1 aliphatic carbocycles. The summed E-state index contributed by atoms with van der Waals surface area (Å²) in [6, 6.07) is 4.99. The Kier molecular flexibility index (Phi) is 8.14. The minimum atomic E-state index is -0.282. The Bertz CT molecular complexity index is 1460. The Labute approximate surface area is 241 Å². The number of fused-ring (bicyclic) bond motifs is 1. The molecule has 2 aromatic heterocycles. The van der Waals surface area contributed by atoms with Crippen LogP contribution >= 0.6 is 23.2 Å². The maximum absolute atomic E-state index is 12.1. The molecule has 40 heavy (non-hydrogen) atoms. The van der Waals surface area contributed by atoms with E-state index in [2.05, 4.69) is 20.9 Å². The van der Waals surface area contributed by atoms with Crippen LogP contribution in [0, 0.1) is 17.2 Å². The second kappa shape index (κ2) is 11.7. The molecule has 3 heterocycles. The number of hydrogen-bond acceptors (Lipinski definition) is 8. The minimum absolute atomic E-state index is 0.000246. The van der Waals surface area contributed by atoms with Crippen molar-refractivity contribution in [3.05, 3.63) is 33.9 Å². The Morgan fingerprint density at radius 3 is 2.50 bits per heavy atom. The Morgan fingerprint density at radius 2 is 1.85 bits per heavy atom. The van der Waals surface area contributed by atoms with Crippen LogP contribution in [0.4, 0.5) is 22.4 Å². The fourth-order valence-electron chi connectivity index (χ4n) is 5.50. The van der Waals surface area contributed by atoms with Crippen LogP contribution in [0.25, 0.3) is 11.2 Å². The van der Waals surface area contributed by atoms with Crippen molar-refractivity contribution in [1.29, 1.82) is 5.26 Å². The molecule has 0 bridgehead atoms. The van der Waals surface area contributed by atoms with Crippen LogP contribution in [0.5, 0.6) is 0 Å². The van der Waals surface area contributed by atoms with E-state index in [1.807, 2.05) is 10.6 Å². The van der Waals surface area contributed by atoms with E-state index in [4.69, 9.17) is 38.9 Å². The first-order chi connectivity index (χ1) is 19.3. The highest BCUT2D eigenvalue weighted by molar-refractivity contribution is 6.39. The maximum atomic E-state index is 12.1. The molecular weight excluding hydrogens is 555 g/mol. The van der Waals surface area contributed by atoms with Gasteiger partial charge in [0.2, 0.25) is 17.8 Å². The van der Waals surface area contributed by atoms with Gasteiger partial charge in [-0.3, -0.25) is 9.36 Å². The number of nitrogens with one attached hydrogen (secondary N) is 3. The van der Waals surface area contributed by atoms with Crippen molar-refractivity contribution in [1.82, 2.24) is 29.7 Å². The molecule has 14 heteroatoms. The second-order valence-electron chi connectivity index (χ2n) is 10.2. The maximum Gasteiger partial charge on any atom is 0.317 e. The highest BCUT2D eigenvalue weighted by atomic mass is 35.5. The topological polar surface area (TPSA) is 167 Å². The number of piperidine rings is 1. The molecule has 12 nitrogen and oxygen atoms in total. The van der Waals surface area contributed by atoms with Gasteiger partial charge in [-0.05, 0) is 50.7 Å². The number of carbonyl (C=O) groups is 2. The van der Waals surface area contributed by atoms with Gasteiger partial charge in [-0.1, -0.05) is 23.2 Å². The molecule has 0 radical (unpaired) electrons. The predicted octanol–water partition coefficient (Wildman–Crippen LogP) is 4.18. The smallest absolute Gasteiger partial charge is 0.317 e. The fourth-order valence-corrected chi connectivity index (χ4v) is 6.08. The molecule has 1 aliphatic heterocycles. The van der Waals surface area contributed by atoms with Crippen LogP contribution in [0.15, 0.2) is 18.3 Å².